The van der Waals surface area contributed by atoms with Gasteiger partial charge in [0.2, 0.25) is 0 Å². The van der Waals surface area contributed by atoms with E-state index in [9.17, 15) is 21.6 Å². The van der Waals surface area contributed by atoms with Crippen molar-refractivity contribution in [1.82, 2.24) is 0 Å². The standard InChI is InChI=1S/C6H11F3O3S/c1-3-4(2)5(6(7,8)9)13(10,11)12/h4-5H,3H2,1-2H3,(H,10,11,12). The summed E-state index contributed by atoms with van der Waals surface area (Å²) in [5.74, 6) is -1.14. The van der Waals surface area contributed by atoms with Gasteiger partial charge in [-0.2, -0.15) is 21.6 Å². The highest BCUT2D eigenvalue weighted by Crippen LogP contribution is 2.32. The Hall–Kier alpha value is -0.300. The monoisotopic (exact) mass is 220 g/mol. The fourth-order valence-electron chi connectivity index (χ4n) is 0.999. The predicted molar refractivity (Wildman–Crippen MR) is 40.8 cm³/mol. The van der Waals surface area contributed by atoms with Gasteiger partial charge in [0, 0.05) is 0 Å². The minimum Gasteiger partial charge on any atom is -0.285 e. The Labute approximate surface area is 74.7 Å². The maximum Gasteiger partial charge on any atom is 0.408 e. The van der Waals surface area contributed by atoms with Gasteiger partial charge in [0.1, 0.15) is 0 Å². The van der Waals surface area contributed by atoms with Gasteiger partial charge in [-0.1, -0.05) is 20.3 Å². The van der Waals surface area contributed by atoms with Crippen LogP contribution in [0.4, 0.5) is 13.2 Å². The first-order chi connectivity index (χ1) is 5.60. The number of hydrogen-bond acceptors (Lipinski definition) is 2. The molecule has 0 aliphatic rings. The normalized spacial score (nSPS) is 18.3. The summed E-state index contributed by atoms with van der Waals surface area (Å²) >= 11 is 0. The fraction of sp³-hybridized carbons (Fsp3) is 1.00. The van der Waals surface area contributed by atoms with Crippen LogP contribution in [0.2, 0.25) is 0 Å². The molecule has 2 atom stereocenters. The van der Waals surface area contributed by atoms with Crippen molar-refractivity contribution in [1.29, 1.82) is 0 Å². The highest BCUT2D eigenvalue weighted by atomic mass is 32.2. The van der Waals surface area contributed by atoms with Gasteiger partial charge in [-0.05, 0) is 5.92 Å². The molecular formula is C6H11F3O3S. The summed E-state index contributed by atoms with van der Waals surface area (Å²) in [6, 6.07) is 0. The fourth-order valence-corrected chi connectivity index (χ4v) is 2.12. The lowest BCUT2D eigenvalue weighted by Crippen LogP contribution is -2.41. The largest absolute Gasteiger partial charge is 0.408 e. The zero-order valence-corrected chi connectivity index (χ0v) is 7.98. The van der Waals surface area contributed by atoms with Crippen molar-refractivity contribution in [3.63, 3.8) is 0 Å². The minimum absolute atomic E-state index is 0.0317. The molecule has 0 saturated carbocycles. The molecule has 7 heteroatoms. The number of halogens is 3. The van der Waals surface area contributed by atoms with E-state index in [1.54, 1.807) is 0 Å². The molecule has 1 N–H and O–H groups in total. The van der Waals surface area contributed by atoms with Crippen LogP contribution in [0.25, 0.3) is 0 Å². The van der Waals surface area contributed by atoms with E-state index >= 15 is 0 Å². The molecule has 0 aliphatic carbocycles. The lowest BCUT2D eigenvalue weighted by atomic mass is 10.0. The van der Waals surface area contributed by atoms with E-state index in [1.165, 1.54) is 6.92 Å². The molecule has 0 aromatic carbocycles. The summed E-state index contributed by atoms with van der Waals surface area (Å²) in [7, 11) is -5.06. The van der Waals surface area contributed by atoms with E-state index in [0.717, 1.165) is 6.92 Å². The third-order valence-electron chi connectivity index (χ3n) is 1.80. The molecule has 0 bridgehead atoms. The zero-order chi connectivity index (χ0) is 10.9. The van der Waals surface area contributed by atoms with Gasteiger partial charge in [0.05, 0.1) is 0 Å². The average Bonchev–Trinajstić information content (AvgIpc) is 1.80. The summed E-state index contributed by atoms with van der Waals surface area (Å²) in [6.07, 6.45) is -4.88. The molecule has 0 amide bonds. The van der Waals surface area contributed by atoms with E-state index in [-0.39, 0.29) is 6.42 Å². The van der Waals surface area contributed by atoms with Crippen molar-refractivity contribution in [2.24, 2.45) is 5.92 Å². The highest BCUT2D eigenvalue weighted by Gasteiger charge is 2.50. The first kappa shape index (κ1) is 12.7. The smallest absolute Gasteiger partial charge is 0.285 e. The van der Waals surface area contributed by atoms with Gasteiger partial charge in [-0.25, -0.2) is 0 Å². The third kappa shape index (κ3) is 3.51. The Kier molecular flexibility index (Phi) is 3.74. The molecule has 0 radical (unpaired) electrons. The second kappa shape index (κ2) is 3.83. The molecule has 0 aromatic heterocycles. The molecule has 0 aliphatic heterocycles. The van der Waals surface area contributed by atoms with Crippen molar-refractivity contribution in [3.05, 3.63) is 0 Å². The molecule has 0 rings (SSSR count). The Morgan fingerprint density at radius 3 is 1.85 bits per heavy atom. The summed E-state index contributed by atoms with van der Waals surface area (Å²) in [6.45, 7) is 2.56. The first-order valence-electron chi connectivity index (χ1n) is 3.63. The van der Waals surface area contributed by atoms with Crippen molar-refractivity contribution in [2.45, 2.75) is 31.7 Å². The molecule has 0 spiro atoms. The van der Waals surface area contributed by atoms with Crippen molar-refractivity contribution in [2.75, 3.05) is 0 Å². The topological polar surface area (TPSA) is 54.4 Å². The van der Waals surface area contributed by atoms with Crippen LogP contribution in [0.5, 0.6) is 0 Å². The Balaban J connectivity index is 5.01. The zero-order valence-electron chi connectivity index (χ0n) is 7.17. The molecule has 0 aromatic rings. The van der Waals surface area contributed by atoms with Crippen LogP contribution in [0, 0.1) is 5.92 Å². The third-order valence-corrected chi connectivity index (χ3v) is 3.18. The van der Waals surface area contributed by atoms with E-state index < -0.39 is 27.5 Å². The van der Waals surface area contributed by atoms with Gasteiger partial charge in [0.15, 0.2) is 5.25 Å². The Morgan fingerprint density at radius 2 is 1.77 bits per heavy atom. The molecule has 0 fully saturated rings. The van der Waals surface area contributed by atoms with Gasteiger partial charge in [-0.15, -0.1) is 0 Å². The van der Waals surface area contributed by atoms with Gasteiger partial charge < -0.3 is 0 Å². The van der Waals surface area contributed by atoms with Crippen LogP contribution in [-0.2, 0) is 10.1 Å². The highest BCUT2D eigenvalue weighted by molar-refractivity contribution is 7.86. The lowest BCUT2D eigenvalue weighted by Gasteiger charge is -2.22. The second-order valence-electron chi connectivity index (χ2n) is 2.86. The molecule has 13 heavy (non-hydrogen) atoms. The molecule has 0 heterocycles. The SMILES string of the molecule is CCC(C)C(C(F)(F)F)S(=O)(=O)O. The molecule has 80 valence electrons. The van der Waals surface area contributed by atoms with Gasteiger partial charge >= 0.3 is 6.18 Å². The summed E-state index contributed by atoms with van der Waals surface area (Å²) in [5, 5.41) is -2.68. The van der Waals surface area contributed by atoms with E-state index in [0.29, 0.717) is 0 Å². The van der Waals surface area contributed by atoms with E-state index in [1.807, 2.05) is 0 Å². The Morgan fingerprint density at radius 1 is 1.38 bits per heavy atom. The van der Waals surface area contributed by atoms with E-state index in [2.05, 4.69) is 0 Å². The second-order valence-corrected chi connectivity index (χ2v) is 4.40. The Bertz CT molecular complexity index is 257. The van der Waals surface area contributed by atoms with Crippen molar-refractivity contribution >= 4 is 10.1 Å². The van der Waals surface area contributed by atoms with Crippen molar-refractivity contribution < 1.29 is 26.1 Å². The first-order valence-corrected chi connectivity index (χ1v) is 5.14. The molecule has 0 saturated heterocycles. The number of hydrogen-bond donors (Lipinski definition) is 1. The average molecular weight is 220 g/mol. The minimum atomic E-state index is -5.06. The molecule has 2 unspecified atom stereocenters. The number of alkyl halides is 3. The van der Waals surface area contributed by atoms with Crippen LogP contribution >= 0.6 is 0 Å². The van der Waals surface area contributed by atoms with Crippen LogP contribution in [0.1, 0.15) is 20.3 Å². The molecular weight excluding hydrogens is 209 g/mol. The maximum atomic E-state index is 12.1. The number of rotatable bonds is 3. The van der Waals surface area contributed by atoms with Crippen LogP contribution in [-0.4, -0.2) is 24.4 Å². The van der Waals surface area contributed by atoms with Crippen LogP contribution in [0.3, 0.4) is 0 Å². The van der Waals surface area contributed by atoms with E-state index in [4.69, 9.17) is 4.55 Å². The van der Waals surface area contributed by atoms with Crippen LogP contribution < -0.4 is 0 Å². The maximum absolute atomic E-state index is 12.1. The van der Waals surface area contributed by atoms with Crippen LogP contribution in [0.15, 0.2) is 0 Å². The summed E-state index contributed by atoms with van der Waals surface area (Å²) in [5.41, 5.74) is 0. The lowest BCUT2D eigenvalue weighted by molar-refractivity contribution is -0.140. The van der Waals surface area contributed by atoms with Gasteiger partial charge in [0.25, 0.3) is 10.1 Å². The van der Waals surface area contributed by atoms with Crippen molar-refractivity contribution in [3.8, 4) is 0 Å². The summed E-state index contributed by atoms with van der Waals surface area (Å²) < 4.78 is 65.5. The summed E-state index contributed by atoms with van der Waals surface area (Å²) in [4.78, 5) is 0. The van der Waals surface area contributed by atoms with Gasteiger partial charge in [-0.3, -0.25) is 4.55 Å². The quantitative estimate of drug-likeness (QED) is 0.738. The predicted octanol–water partition coefficient (Wildman–Crippen LogP) is 1.85. The molecule has 3 nitrogen and oxygen atoms in total.